The molecule has 25 heavy (non-hydrogen) atoms. The van der Waals surface area contributed by atoms with E-state index in [9.17, 15) is 4.79 Å². The molecule has 2 N–H and O–H groups in total. The van der Waals surface area contributed by atoms with E-state index in [0.717, 1.165) is 39.5 Å². The average molecular weight is 380 g/mol. The number of nitrogens with zero attached hydrogens (tertiary/aromatic N) is 2. The van der Waals surface area contributed by atoms with E-state index >= 15 is 0 Å². The number of hydrogen-bond donors (Lipinski definition) is 2. The van der Waals surface area contributed by atoms with Gasteiger partial charge in [0.1, 0.15) is 0 Å². The van der Waals surface area contributed by atoms with E-state index in [1.54, 1.807) is 0 Å². The van der Waals surface area contributed by atoms with Crippen LogP contribution in [-0.2, 0) is 11.3 Å². The first-order valence-corrected chi connectivity index (χ1v) is 9.75. The van der Waals surface area contributed by atoms with Crippen molar-refractivity contribution in [3.8, 4) is 11.5 Å². The number of benzene rings is 1. The minimum atomic E-state index is -0.249. The summed E-state index contributed by atoms with van der Waals surface area (Å²) in [4.78, 5) is 12.3. The van der Waals surface area contributed by atoms with Crippen molar-refractivity contribution in [1.29, 1.82) is 0 Å². The Morgan fingerprint density at radius 1 is 1.36 bits per heavy atom. The first-order chi connectivity index (χ1) is 12.2. The second-order valence-electron chi connectivity index (χ2n) is 5.47. The van der Waals surface area contributed by atoms with Crippen LogP contribution in [0.15, 0.2) is 22.5 Å². The molecular weight excluding hydrogens is 360 g/mol. The maximum absolute atomic E-state index is 12.3. The maximum Gasteiger partial charge on any atom is 0.233 e. The molecule has 0 fully saturated rings. The van der Waals surface area contributed by atoms with Crippen molar-refractivity contribution in [2.75, 3.05) is 18.7 Å². The van der Waals surface area contributed by atoms with E-state index in [0.29, 0.717) is 6.54 Å². The number of carbonyl (C=O) groups is 1. The summed E-state index contributed by atoms with van der Waals surface area (Å²) in [7, 11) is 0. The van der Waals surface area contributed by atoms with Gasteiger partial charge < -0.3 is 20.1 Å². The highest BCUT2D eigenvalue weighted by Gasteiger charge is 2.18. The highest BCUT2D eigenvalue weighted by atomic mass is 32.2. The van der Waals surface area contributed by atoms with Crippen LogP contribution in [0.3, 0.4) is 0 Å². The second kappa shape index (κ2) is 8.39. The molecule has 0 saturated heterocycles. The lowest BCUT2D eigenvalue weighted by atomic mass is 10.2. The number of hydrogen-bond acceptors (Lipinski definition) is 8. The molecule has 3 rings (SSSR count). The fourth-order valence-electron chi connectivity index (χ4n) is 2.15. The number of carbonyl (C=O) groups excluding carboxylic acids is 1. The van der Waals surface area contributed by atoms with E-state index in [1.807, 2.05) is 25.1 Å². The number of anilines is 1. The minimum absolute atomic E-state index is 0.0408. The highest BCUT2D eigenvalue weighted by Crippen LogP contribution is 2.32. The topological polar surface area (TPSA) is 85.4 Å². The number of fused-ring (bicyclic) bond motifs is 1. The monoisotopic (exact) mass is 380 g/mol. The lowest BCUT2D eigenvalue weighted by Gasteiger charge is -2.10. The van der Waals surface area contributed by atoms with Crippen molar-refractivity contribution in [2.45, 2.75) is 36.4 Å². The smallest absolute Gasteiger partial charge is 0.233 e. The van der Waals surface area contributed by atoms with Gasteiger partial charge in [-0.3, -0.25) is 4.79 Å². The van der Waals surface area contributed by atoms with Crippen LogP contribution in [0.2, 0.25) is 0 Å². The molecule has 9 heteroatoms. The molecule has 1 aliphatic heterocycles. The zero-order valence-corrected chi connectivity index (χ0v) is 15.7. The maximum atomic E-state index is 12.3. The lowest BCUT2D eigenvalue weighted by molar-refractivity contribution is -0.120. The van der Waals surface area contributed by atoms with Crippen LogP contribution in [0.5, 0.6) is 11.5 Å². The van der Waals surface area contributed by atoms with E-state index in [2.05, 4.69) is 27.8 Å². The van der Waals surface area contributed by atoms with Crippen LogP contribution in [0.4, 0.5) is 5.13 Å². The summed E-state index contributed by atoms with van der Waals surface area (Å²) >= 11 is 2.88. The van der Waals surface area contributed by atoms with Gasteiger partial charge in [-0.25, -0.2) is 0 Å². The normalized spacial score (nSPS) is 13.5. The average Bonchev–Trinajstić information content (AvgIpc) is 3.26. The van der Waals surface area contributed by atoms with Crippen molar-refractivity contribution < 1.29 is 14.3 Å². The molecule has 0 spiro atoms. The molecule has 0 unspecified atom stereocenters. The molecule has 1 amide bonds. The molecule has 0 bridgehead atoms. The summed E-state index contributed by atoms with van der Waals surface area (Å²) in [6.45, 7) is 5.51. The Bertz CT molecular complexity index is 738. The molecule has 1 aromatic carbocycles. The molecule has 0 aliphatic carbocycles. The van der Waals surface area contributed by atoms with Gasteiger partial charge in [-0.2, -0.15) is 0 Å². The largest absolute Gasteiger partial charge is 0.454 e. The van der Waals surface area contributed by atoms with E-state index in [4.69, 9.17) is 9.47 Å². The van der Waals surface area contributed by atoms with Gasteiger partial charge in [-0.05, 0) is 31.0 Å². The molecule has 0 radical (unpaired) electrons. The third-order valence-electron chi connectivity index (χ3n) is 3.48. The number of rotatable bonds is 8. The summed E-state index contributed by atoms with van der Waals surface area (Å²) in [5, 5.41) is 14.8. The van der Waals surface area contributed by atoms with E-state index in [-0.39, 0.29) is 18.0 Å². The van der Waals surface area contributed by atoms with Gasteiger partial charge in [-0.15, -0.1) is 10.2 Å². The molecule has 1 aromatic heterocycles. The Kier molecular flexibility index (Phi) is 5.98. The minimum Gasteiger partial charge on any atom is -0.454 e. The predicted molar refractivity (Wildman–Crippen MR) is 98.4 cm³/mol. The molecule has 0 saturated carbocycles. The molecule has 7 nitrogen and oxygen atoms in total. The number of ether oxygens (including phenoxy) is 2. The molecule has 1 aliphatic rings. The van der Waals surface area contributed by atoms with Crippen LogP contribution in [0.25, 0.3) is 0 Å². The van der Waals surface area contributed by atoms with Crippen molar-refractivity contribution in [3.05, 3.63) is 23.8 Å². The zero-order valence-electron chi connectivity index (χ0n) is 14.1. The van der Waals surface area contributed by atoms with Crippen molar-refractivity contribution in [1.82, 2.24) is 15.5 Å². The van der Waals surface area contributed by atoms with Gasteiger partial charge >= 0.3 is 0 Å². The van der Waals surface area contributed by atoms with E-state index < -0.39 is 0 Å². The summed E-state index contributed by atoms with van der Waals surface area (Å²) < 4.78 is 11.4. The third-order valence-corrected chi connectivity index (χ3v) is 5.55. The molecule has 2 aromatic rings. The van der Waals surface area contributed by atoms with Gasteiger partial charge in [0.15, 0.2) is 15.8 Å². The van der Waals surface area contributed by atoms with E-state index in [1.165, 1.54) is 23.1 Å². The van der Waals surface area contributed by atoms with Crippen molar-refractivity contribution in [2.24, 2.45) is 0 Å². The lowest BCUT2D eigenvalue weighted by Crippen LogP contribution is -2.30. The standard InChI is InChI=1S/C16H20N4O3S2/c1-3-6-17-15-19-20-16(25-15)24-10(2)14(21)18-8-11-4-5-12-13(7-11)23-9-22-12/h4-5,7,10H,3,6,8-9H2,1-2H3,(H,17,19)(H,18,21)/t10-/m1/s1. The third kappa shape index (κ3) is 4.76. The van der Waals surface area contributed by atoms with Gasteiger partial charge in [0.2, 0.25) is 17.8 Å². The molecule has 2 heterocycles. The van der Waals surface area contributed by atoms with Gasteiger partial charge in [0.05, 0.1) is 5.25 Å². The Morgan fingerprint density at radius 2 is 2.20 bits per heavy atom. The number of nitrogens with one attached hydrogen (secondary N) is 2. The summed E-state index contributed by atoms with van der Waals surface area (Å²) in [6, 6.07) is 5.66. The van der Waals surface area contributed by atoms with Crippen LogP contribution < -0.4 is 20.1 Å². The summed E-state index contributed by atoms with van der Waals surface area (Å²) in [6.07, 6.45) is 1.03. The first-order valence-electron chi connectivity index (χ1n) is 8.06. The number of amides is 1. The summed E-state index contributed by atoms with van der Waals surface area (Å²) in [5.41, 5.74) is 0.969. The van der Waals surface area contributed by atoms with Crippen molar-refractivity contribution in [3.63, 3.8) is 0 Å². The Morgan fingerprint density at radius 3 is 3.04 bits per heavy atom. The Balaban J connectivity index is 1.48. The molecule has 1 atom stereocenters. The second-order valence-corrected chi connectivity index (χ2v) is 8.03. The molecular formula is C16H20N4O3S2. The predicted octanol–water partition coefficient (Wildman–Crippen LogP) is 2.89. The zero-order chi connectivity index (χ0) is 17.6. The van der Waals surface area contributed by atoms with Crippen LogP contribution in [0.1, 0.15) is 25.8 Å². The first kappa shape index (κ1) is 17.8. The number of aromatic nitrogens is 2. The fourth-order valence-corrected chi connectivity index (χ4v) is 4.10. The van der Waals surface area contributed by atoms with Crippen LogP contribution >= 0.6 is 23.1 Å². The van der Waals surface area contributed by atoms with Gasteiger partial charge in [0, 0.05) is 13.1 Å². The molecule has 134 valence electrons. The van der Waals surface area contributed by atoms with Crippen LogP contribution in [0, 0.1) is 0 Å². The Labute approximate surface area is 154 Å². The highest BCUT2D eigenvalue weighted by molar-refractivity contribution is 8.02. The van der Waals surface area contributed by atoms with Crippen molar-refractivity contribution >= 4 is 34.1 Å². The van der Waals surface area contributed by atoms with Gasteiger partial charge in [-0.1, -0.05) is 36.1 Å². The SMILES string of the molecule is CCCNc1nnc(S[C@H](C)C(=O)NCc2ccc3c(c2)OCO3)s1. The van der Waals surface area contributed by atoms with Gasteiger partial charge in [0.25, 0.3) is 0 Å². The fraction of sp³-hybridized carbons (Fsp3) is 0.438. The number of thioether (sulfide) groups is 1. The Hall–Kier alpha value is -2.00. The summed E-state index contributed by atoms with van der Waals surface area (Å²) in [5.74, 6) is 1.42. The quantitative estimate of drug-likeness (QED) is 0.681. The van der Waals surface area contributed by atoms with Crippen LogP contribution in [-0.4, -0.2) is 34.7 Å².